The summed E-state index contributed by atoms with van der Waals surface area (Å²) in [6, 6.07) is 8.38. The molecule has 0 saturated carbocycles. The Morgan fingerprint density at radius 2 is 1.78 bits per heavy atom. The van der Waals surface area contributed by atoms with Gasteiger partial charge in [-0.1, -0.05) is 18.2 Å². The summed E-state index contributed by atoms with van der Waals surface area (Å²) >= 11 is 0. The Bertz CT molecular complexity index is 551. The van der Waals surface area contributed by atoms with Crippen molar-refractivity contribution in [3.63, 3.8) is 0 Å². The summed E-state index contributed by atoms with van der Waals surface area (Å²) in [4.78, 5) is 33.6. The van der Waals surface area contributed by atoms with Crippen molar-refractivity contribution in [3.8, 4) is 5.75 Å². The largest absolute Gasteiger partial charge is 0.466 e. The number of rotatable bonds is 8. The molecule has 1 unspecified atom stereocenters. The van der Waals surface area contributed by atoms with Crippen molar-refractivity contribution in [2.75, 3.05) is 13.7 Å². The second-order valence-electron chi connectivity index (χ2n) is 4.42. The van der Waals surface area contributed by atoms with Crippen LogP contribution in [-0.2, 0) is 23.9 Å². The van der Waals surface area contributed by atoms with Crippen molar-refractivity contribution in [2.24, 2.45) is 0 Å². The molecule has 1 rings (SSSR count). The molecule has 0 heterocycles. The van der Waals surface area contributed by atoms with E-state index in [1.807, 2.05) is 0 Å². The maximum atomic E-state index is 11.6. The molecule has 1 aromatic rings. The third-order valence-electron chi connectivity index (χ3n) is 2.66. The van der Waals surface area contributed by atoms with E-state index in [1.54, 1.807) is 30.3 Å². The van der Waals surface area contributed by atoms with Gasteiger partial charge in [-0.15, -0.1) is 0 Å². The first-order valence-corrected chi connectivity index (χ1v) is 6.90. The van der Waals surface area contributed by atoms with Crippen LogP contribution in [0.2, 0.25) is 0 Å². The summed E-state index contributed by atoms with van der Waals surface area (Å²) < 4.78 is 14.1. The molecule has 0 aromatic heterocycles. The molecule has 7 heteroatoms. The Balaban J connectivity index is 2.22. The highest BCUT2D eigenvalue weighted by Crippen LogP contribution is 2.10. The van der Waals surface area contributed by atoms with E-state index in [-0.39, 0.29) is 19.4 Å². The quantitative estimate of drug-likeness (QED) is 0.330. The standard InChI is InChI=1S/C16H18O7/c1-21-14(18)9-10-15(19)22-11-5-8-13(17)16(20)23-12-6-3-2-4-7-12/h2-4,6-7,9-10,13,17H,5,8,11H2,1H3/b10-9+. The zero-order valence-electron chi connectivity index (χ0n) is 12.6. The van der Waals surface area contributed by atoms with Gasteiger partial charge in [0.25, 0.3) is 0 Å². The van der Waals surface area contributed by atoms with Gasteiger partial charge in [0.2, 0.25) is 0 Å². The molecule has 0 amide bonds. The van der Waals surface area contributed by atoms with E-state index in [4.69, 9.17) is 9.47 Å². The van der Waals surface area contributed by atoms with Crippen LogP contribution in [0.5, 0.6) is 5.75 Å². The first-order valence-electron chi connectivity index (χ1n) is 6.90. The number of hydrogen-bond donors (Lipinski definition) is 1. The second kappa shape index (κ2) is 10.1. The van der Waals surface area contributed by atoms with Gasteiger partial charge in [0.1, 0.15) is 5.75 Å². The van der Waals surface area contributed by atoms with E-state index in [1.165, 1.54) is 7.11 Å². The van der Waals surface area contributed by atoms with Crippen LogP contribution in [0, 0.1) is 0 Å². The summed E-state index contributed by atoms with van der Waals surface area (Å²) in [6.45, 7) is 0.0000228. The number of benzene rings is 1. The average Bonchev–Trinajstić information content (AvgIpc) is 2.57. The lowest BCUT2D eigenvalue weighted by Crippen LogP contribution is -2.26. The molecule has 0 saturated heterocycles. The Labute approximate surface area is 133 Å². The first kappa shape index (κ1) is 18.4. The molecule has 0 radical (unpaired) electrons. The fourth-order valence-electron chi connectivity index (χ4n) is 1.49. The third kappa shape index (κ3) is 7.77. The number of methoxy groups -OCH3 is 1. The summed E-state index contributed by atoms with van der Waals surface area (Å²) in [5, 5.41) is 9.66. The fraction of sp³-hybridized carbons (Fsp3) is 0.312. The van der Waals surface area contributed by atoms with E-state index in [9.17, 15) is 19.5 Å². The van der Waals surface area contributed by atoms with Crippen molar-refractivity contribution < 1.29 is 33.7 Å². The maximum Gasteiger partial charge on any atom is 0.340 e. The predicted molar refractivity (Wildman–Crippen MR) is 79.4 cm³/mol. The fourth-order valence-corrected chi connectivity index (χ4v) is 1.49. The van der Waals surface area contributed by atoms with Crippen LogP contribution in [0.25, 0.3) is 0 Å². The molecular formula is C16H18O7. The smallest absolute Gasteiger partial charge is 0.340 e. The zero-order valence-corrected chi connectivity index (χ0v) is 12.6. The molecule has 0 aliphatic heterocycles. The average molecular weight is 322 g/mol. The van der Waals surface area contributed by atoms with Crippen LogP contribution in [0.4, 0.5) is 0 Å². The molecule has 1 N–H and O–H groups in total. The first-order chi connectivity index (χ1) is 11.0. The summed E-state index contributed by atoms with van der Waals surface area (Å²) in [7, 11) is 1.19. The number of carbonyl (C=O) groups is 3. The Morgan fingerprint density at radius 3 is 2.43 bits per heavy atom. The van der Waals surface area contributed by atoms with E-state index >= 15 is 0 Å². The Hall–Kier alpha value is -2.67. The van der Waals surface area contributed by atoms with Crippen molar-refractivity contribution in [3.05, 3.63) is 42.5 Å². The number of ether oxygens (including phenoxy) is 3. The molecule has 0 aliphatic carbocycles. The number of esters is 3. The Kier molecular flexibility index (Phi) is 8.09. The van der Waals surface area contributed by atoms with Gasteiger partial charge in [0.05, 0.1) is 13.7 Å². The number of carbonyl (C=O) groups excluding carboxylic acids is 3. The second-order valence-corrected chi connectivity index (χ2v) is 4.42. The summed E-state index contributed by atoms with van der Waals surface area (Å²) in [5.41, 5.74) is 0. The van der Waals surface area contributed by atoms with Crippen molar-refractivity contribution in [1.82, 2.24) is 0 Å². The van der Waals surface area contributed by atoms with Crippen molar-refractivity contribution in [1.29, 1.82) is 0 Å². The minimum absolute atomic E-state index is 0.0000228. The van der Waals surface area contributed by atoms with E-state index in [0.717, 1.165) is 12.2 Å². The minimum Gasteiger partial charge on any atom is -0.466 e. The normalized spacial score (nSPS) is 11.7. The predicted octanol–water partition coefficient (Wildman–Crippen LogP) is 1.01. The highest BCUT2D eigenvalue weighted by atomic mass is 16.6. The Morgan fingerprint density at radius 1 is 1.13 bits per heavy atom. The van der Waals surface area contributed by atoms with Crippen LogP contribution < -0.4 is 4.74 Å². The summed E-state index contributed by atoms with van der Waals surface area (Å²) in [5.74, 6) is -1.80. The van der Waals surface area contributed by atoms with Crippen molar-refractivity contribution >= 4 is 17.9 Å². The van der Waals surface area contributed by atoms with Crippen LogP contribution in [0.15, 0.2) is 42.5 Å². The number of para-hydroxylation sites is 1. The van der Waals surface area contributed by atoms with Crippen molar-refractivity contribution in [2.45, 2.75) is 18.9 Å². The van der Waals surface area contributed by atoms with Gasteiger partial charge in [-0.3, -0.25) is 0 Å². The van der Waals surface area contributed by atoms with Crippen LogP contribution in [0.3, 0.4) is 0 Å². The van der Waals surface area contributed by atoms with Crippen LogP contribution in [0.1, 0.15) is 12.8 Å². The molecule has 1 atom stereocenters. The van der Waals surface area contributed by atoms with E-state index in [0.29, 0.717) is 5.75 Å². The molecule has 0 aliphatic rings. The van der Waals surface area contributed by atoms with Gasteiger partial charge >= 0.3 is 17.9 Å². The minimum atomic E-state index is -1.31. The topological polar surface area (TPSA) is 99.1 Å². The van der Waals surface area contributed by atoms with Gasteiger partial charge in [0, 0.05) is 12.2 Å². The van der Waals surface area contributed by atoms with Gasteiger partial charge in [-0.25, -0.2) is 14.4 Å². The molecule has 0 bridgehead atoms. The highest BCUT2D eigenvalue weighted by molar-refractivity contribution is 5.91. The number of hydrogen-bond acceptors (Lipinski definition) is 7. The molecular weight excluding hydrogens is 304 g/mol. The highest BCUT2D eigenvalue weighted by Gasteiger charge is 2.17. The third-order valence-corrected chi connectivity index (χ3v) is 2.66. The molecule has 7 nitrogen and oxygen atoms in total. The van der Waals surface area contributed by atoms with Crippen LogP contribution >= 0.6 is 0 Å². The monoisotopic (exact) mass is 322 g/mol. The maximum absolute atomic E-state index is 11.6. The van der Waals surface area contributed by atoms with Gasteiger partial charge in [-0.2, -0.15) is 0 Å². The van der Waals surface area contributed by atoms with E-state index < -0.39 is 24.0 Å². The molecule has 0 fully saturated rings. The van der Waals surface area contributed by atoms with E-state index in [2.05, 4.69) is 4.74 Å². The SMILES string of the molecule is COC(=O)/C=C/C(=O)OCCCC(O)C(=O)Oc1ccccc1. The lowest BCUT2D eigenvalue weighted by atomic mass is 10.2. The molecule has 124 valence electrons. The van der Waals surface area contributed by atoms with Gasteiger partial charge in [-0.05, 0) is 25.0 Å². The van der Waals surface area contributed by atoms with Gasteiger partial charge < -0.3 is 19.3 Å². The molecule has 23 heavy (non-hydrogen) atoms. The molecule has 0 spiro atoms. The lowest BCUT2D eigenvalue weighted by Gasteiger charge is -2.10. The zero-order chi connectivity index (χ0) is 17.1. The number of aliphatic hydroxyl groups is 1. The van der Waals surface area contributed by atoms with Gasteiger partial charge in [0.15, 0.2) is 6.10 Å². The van der Waals surface area contributed by atoms with Crippen LogP contribution in [-0.4, -0.2) is 42.8 Å². The summed E-state index contributed by atoms with van der Waals surface area (Å²) in [6.07, 6.45) is 0.919. The lowest BCUT2D eigenvalue weighted by molar-refractivity contribution is -0.144. The molecule has 1 aromatic carbocycles. The number of aliphatic hydroxyl groups excluding tert-OH is 1.